The topological polar surface area (TPSA) is 34.1 Å². The van der Waals surface area contributed by atoms with Gasteiger partial charge in [0.15, 0.2) is 11.6 Å². The molecule has 0 bridgehead atoms. The molecule has 0 aromatic heterocycles. The zero-order valence-electron chi connectivity index (χ0n) is 30.6. The van der Waals surface area contributed by atoms with Crippen LogP contribution >= 0.6 is 0 Å². The van der Waals surface area contributed by atoms with Gasteiger partial charge < -0.3 is 0 Å². The molecule has 0 heterocycles. The monoisotopic (exact) mass is 644 g/mol. The van der Waals surface area contributed by atoms with Crippen LogP contribution in [0.3, 0.4) is 0 Å². The molecule has 0 radical (unpaired) electrons. The van der Waals surface area contributed by atoms with E-state index in [1.807, 2.05) is 0 Å². The van der Waals surface area contributed by atoms with Gasteiger partial charge in [-0.3, -0.25) is 9.59 Å². The molecular formula is C46H60O2. The molecule has 5 rings (SSSR count). The highest BCUT2D eigenvalue weighted by atomic mass is 16.1. The zero-order chi connectivity index (χ0) is 33.9. The minimum Gasteiger partial charge on any atom is -0.289 e. The van der Waals surface area contributed by atoms with Gasteiger partial charge in [-0.15, -0.1) is 0 Å². The van der Waals surface area contributed by atoms with Crippen LogP contribution in [0.15, 0.2) is 48.5 Å². The molecule has 0 saturated carbocycles. The highest BCUT2D eigenvalue weighted by Gasteiger charge is 2.39. The first-order valence-corrected chi connectivity index (χ1v) is 19.8. The molecule has 2 heteroatoms. The molecule has 0 unspecified atom stereocenters. The van der Waals surface area contributed by atoms with Gasteiger partial charge in [-0.1, -0.05) is 153 Å². The smallest absolute Gasteiger partial charge is 0.195 e. The van der Waals surface area contributed by atoms with Gasteiger partial charge in [-0.2, -0.15) is 0 Å². The van der Waals surface area contributed by atoms with Crippen molar-refractivity contribution in [2.24, 2.45) is 0 Å². The molecule has 256 valence electrons. The molecular weight excluding hydrogens is 585 g/mol. The lowest BCUT2D eigenvalue weighted by Gasteiger charge is -2.30. The van der Waals surface area contributed by atoms with E-state index in [-0.39, 0.29) is 11.6 Å². The third-order valence-electron chi connectivity index (χ3n) is 10.9. The fourth-order valence-corrected chi connectivity index (χ4v) is 8.37. The van der Waals surface area contributed by atoms with Crippen molar-refractivity contribution in [3.8, 4) is 0 Å². The molecule has 0 saturated heterocycles. The number of ketones is 2. The van der Waals surface area contributed by atoms with Crippen LogP contribution in [0.4, 0.5) is 0 Å². The highest BCUT2D eigenvalue weighted by molar-refractivity contribution is 6.33. The van der Waals surface area contributed by atoms with Crippen LogP contribution in [0.25, 0.3) is 21.5 Å². The standard InChI is InChI=1S/C46H60O2/c1-5-9-13-17-29-37-33-25-21-22-26-34(33)38(30-18-14-10-6-2)42-41(37)45(47)43-39(31-19-15-11-7-3)35-27-23-24-28-36(35)40(44(43)46(42)48)32-20-16-12-8-4/h21-28H,5-20,29-32H2,1-4H3. The van der Waals surface area contributed by atoms with Crippen molar-refractivity contribution in [2.45, 2.75) is 156 Å². The van der Waals surface area contributed by atoms with Crippen molar-refractivity contribution in [1.82, 2.24) is 0 Å². The van der Waals surface area contributed by atoms with Crippen molar-refractivity contribution in [3.63, 3.8) is 0 Å². The number of carbonyl (C=O) groups is 2. The summed E-state index contributed by atoms with van der Waals surface area (Å²) < 4.78 is 0. The van der Waals surface area contributed by atoms with Gasteiger partial charge in [0.05, 0.1) is 0 Å². The summed E-state index contributed by atoms with van der Waals surface area (Å²) in [6.07, 6.45) is 21.6. The predicted molar refractivity (Wildman–Crippen MR) is 206 cm³/mol. The molecule has 0 amide bonds. The van der Waals surface area contributed by atoms with E-state index >= 15 is 9.59 Å². The van der Waals surface area contributed by atoms with Crippen LogP contribution in [0.2, 0.25) is 0 Å². The Morgan fingerprint density at radius 1 is 0.333 bits per heavy atom. The number of benzene rings is 4. The number of hydrogen-bond donors (Lipinski definition) is 0. The Morgan fingerprint density at radius 3 is 0.771 bits per heavy atom. The Morgan fingerprint density at radius 2 is 0.562 bits per heavy atom. The van der Waals surface area contributed by atoms with Crippen LogP contribution in [-0.4, -0.2) is 11.6 Å². The van der Waals surface area contributed by atoms with E-state index < -0.39 is 0 Å². The summed E-state index contributed by atoms with van der Waals surface area (Å²) in [5, 5.41) is 4.75. The third kappa shape index (κ3) is 7.64. The molecule has 0 fully saturated rings. The average Bonchev–Trinajstić information content (AvgIpc) is 3.11. The maximum Gasteiger partial charge on any atom is 0.195 e. The Balaban J connectivity index is 1.79. The summed E-state index contributed by atoms with van der Waals surface area (Å²) in [4.78, 5) is 30.9. The molecule has 0 spiro atoms. The normalized spacial score (nSPS) is 12.7. The number of rotatable bonds is 20. The predicted octanol–water partition coefficient (Wildman–Crippen LogP) is 13.3. The van der Waals surface area contributed by atoms with Gasteiger partial charge in [0.2, 0.25) is 0 Å². The lowest BCUT2D eigenvalue weighted by atomic mass is 9.71. The lowest BCUT2D eigenvalue weighted by molar-refractivity contribution is 0.0976. The summed E-state index contributed by atoms with van der Waals surface area (Å²) in [5.41, 5.74) is 7.45. The second-order valence-electron chi connectivity index (χ2n) is 14.4. The lowest BCUT2D eigenvalue weighted by Crippen LogP contribution is -2.28. The second-order valence-corrected chi connectivity index (χ2v) is 14.4. The Kier molecular flexibility index (Phi) is 13.5. The minimum atomic E-state index is 0.122. The van der Waals surface area contributed by atoms with Gasteiger partial charge in [0.25, 0.3) is 0 Å². The third-order valence-corrected chi connectivity index (χ3v) is 10.9. The van der Waals surface area contributed by atoms with Crippen molar-refractivity contribution in [2.75, 3.05) is 0 Å². The van der Waals surface area contributed by atoms with E-state index in [0.29, 0.717) is 0 Å². The number of aryl methyl sites for hydroxylation is 4. The molecule has 0 aliphatic heterocycles. The number of hydrogen-bond acceptors (Lipinski definition) is 2. The van der Waals surface area contributed by atoms with Gasteiger partial charge in [-0.05, 0) is 95.2 Å². The summed E-state index contributed by atoms with van der Waals surface area (Å²) in [6, 6.07) is 17.4. The van der Waals surface area contributed by atoms with E-state index in [0.717, 1.165) is 122 Å². The average molecular weight is 645 g/mol. The first-order valence-electron chi connectivity index (χ1n) is 19.8. The molecule has 1 aliphatic rings. The van der Waals surface area contributed by atoms with Crippen molar-refractivity contribution in [1.29, 1.82) is 0 Å². The quantitative estimate of drug-likeness (QED) is 0.0790. The first-order chi connectivity index (χ1) is 23.6. The fourth-order valence-electron chi connectivity index (χ4n) is 8.37. The van der Waals surface area contributed by atoms with Crippen molar-refractivity contribution >= 4 is 33.1 Å². The maximum absolute atomic E-state index is 15.5. The largest absolute Gasteiger partial charge is 0.289 e. The molecule has 4 aromatic rings. The van der Waals surface area contributed by atoms with E-state index in [1.54, 1.807) is 0 Å². The molecule has 48 heavy (non-hydrogen) atoms. The summed E-state index contributed by atoms with van der Waals surface area (Å²) >= 11 is 0. The van der Waals surface area contributed by atoms with Crippen LogP contribution in [0.1, 0.15) is 185 Å². The number of unbranched alkanes of at least 4 members (excludes halogenated alkanes) is 12. The van der Waals surface area contributed by atoms with E-state index in [9.17, 15) is 0 Å². The fraction of sp³-hybridized carbons (Fsp3) is 0.522. The SMILES string of the molecule is CCCCCCc1c2c(c(CCCCCC)c3ccccc13)C(=O)c1c(c(CCCCCC)c3ccccc3c1CCCCCC)C2=O. The first kappa shape index (κ1) is 36.0. The van der Waals surface area contributed by atoms with Crippen LogP contribution in [0, 0.1) is 0 Å². The number of carbonyl (C=O) groups excluding carboxylic acids is 2. The highest BCUT2D eigenvalue weighted by Crippen LogP contribution is 2.44. The Labute approximate surface area is 291 Å². The number of fused-ring (bicyclic) bond motifs is 4. The van der Waals surface area contributed by atoms with Crippen LogP contribution < -0.4 is 0 Å². The van der Waals surface area contributed by atoms with E-state index in [4.69, 9.17) is 0 Å². The second kappa shape index (κ2) is 17.9. The molecule has 2 nitrogen and oxygen atoms in total. The van der Waals surface area contributed by atoms with Crippen LogP contribution in [0.5, 0.6) is 0 Å². The molecule has 0 atom stereocenters. The summed E-state index contributed by atoms with van der Waals surface area (Å²) in [5.74, 6) is 0.244. The molecule has 4 aromatic carbocycles. The maximum atomic E-state index is 15.5. The van der Waals surface area contributed by atoms with Crippen LogP contribution in [-0.2, 0) is 25.7 Å². The van der Waals surface area contributed by atoms with Gasteiger partial charge in [0, 0.05) is 22.3 Å². The summed E-state index contributed by atoms with van der Waals surface area (Å²) in [6.45, 7) is 8.98. The van der Waals surface area contributed by atoms with E-state index in [1.165, 1.54) is 72.9 Å². The van der Waals surface area contributed by atoms with E-state index in [2.05, 4.69) is 76.2 Å². The zero-order valence-corrected chi connectivity index (χ0v) is 30.6. The summed E-state index contributed by atoms with van der Waals surface area (Å²) in [7, 11) is 0. The minimum absolute atomic E-state index is 0.122. The van der Waals surface area contributed by atoms with Crippen molar-refractivity contribution in [3.05, 3.63) is 93.0 Å². The van der Waals surface area contributed by atoms with Gasteiger partial charge >= 0.3 is 0 Å². The Hall–Kier alpha value is -3.26. The Bertz CT molecular complexity index is 1460. The van der Waals surface area contributed by atoms with Crippen molar-refractivity contribution < 1.29 is 9.59 Å². The van der Waals surface area contributed by atoms with Gasteiger partial charge in [0.1, 0.15) is 0 Å². The molecule has 1 aliphatic carbocycles. The van der Waals surface area contributed by atoms with Gasteiger partial charge in [-0.25, -0.2) is 0 Å². The molecule has 0 N–H and O–H groups in total.